The Morgan fingerprint density at radius 3 is 1.89 bits per heavy atom. The molecule has 2 aliphatic rings. The summed E-state index contributed by atoms with van der Waals surface area (Å²) in [5.41, 5.74) is -2.97. The van der Waals surface area contributed by atoms with Gasteiger partial charge in [0.15, 0.2) is 0 Å². The number of nitrogens with one attached hydrogen (secondary N) is 2. The average Bonchev–Trinajstić information content (AvgIpc) is 2.88. The van der Waals surface area contributed by atoms with E-state index in [9.17, 15) is 31.1 Å². The topological polar surface area (TPSA) is 41.1 Å². The SMILES string of the molecule is CC(C(=O)N[C@]1(c2ccccc2)CC[C@H](C2CCNCC2)CC1)c1cc(C(F)(F)F)cc(C(F)(F)F)c1. The number of carbonyl (C=O) groups excluding carboxylic acids is 1. The Morgan fingerprint density at radius 2 is 1.38 bits per heavy atom. The number of alkyl halides is 6. The molecule has 2 aromatic rings. The van der Waals surface area contributed by atoms with Crippen LogP contribution >= 0.6 is 0 Å². The standard InChI is InChI=1S/C28H32F6N2O/c1-18(21-15-23(27(29,30)31)17-24(16-21)28(32,33)34)25(37)36-26(22-5-3-2-4-6-22)11-7-19(8-12-26)20-9-13-35-14-10-20/h2-6,15-20,35H,7-14H2,1H3,(H,36,37)/t18?,19-,26+. The Balaban J connectivity index is 1.59. The number of carbonyl (C=O) groups is 1. The van der Waals surface area contributed by atoms with Crippen molar-refractivity contribution in [2.45, 2.75) is 69.3 Å². The third kappa shape index (κ3) is 6.30. The Kier molecular flexibility index (Phi) is 7.93. The third-order valence-electron chi connectivity index (χ3n) is 8.13. The summed E-state index contributed by atoms with van der Waals surface area (Å²) in [7, 11) is 0. The van der Waals surface area contributed by atoms with Crippen molar-refractivity contribution >= 4 is 5.91 Å². The minimum absolute atomic E-state index is 0.0850. The number of piperidine rings is 1. The van der Waals surface area contributed by atoms with Gasteiger partial charge in [0.1, 0.15) is 0 Å². The molecule has 1 atom stereocenters. The summed E-state index contributed by atoms with van der Waals surface area (Å²) in [4.78, 5) is 13.4. The van der Waals surface area contributed by atoms with Crippen LogP contribution in [0.2, 0.25) is 0 Å². The molecule has 1 unspecified atom stereocenters. The van der Waals surface area contributed by atoms with E-state index in [-0.39, 0.29) is 11.6 Å². The van der Waals surface area contributed by atoms with Gasteiger partial charge in [-0.15, -0.1) is 0 Å². The zero-order chi connectivity index (χ0) is 26.8. The van der Waals surface area contributed by atoms with E-state index in [2.05, 4.69) is 10.6 Å². The number of amides is 1. The van der Waals surface area contributed by atoms with Crippen molar-refractivity contribution in [2.75, 3.05) is 13.1 Å². The fourth-order valence-electron chi connectivity index (χ4n) is 5.89. The fourth-order valence-corrected chi connectivity index (χ4v) is 5.89. The highest BCUT2D eigenvalue weighted by atomic mass is 19.4. The Bertz CT molecular complexity index is 1040. The second-order valence-corrected chi connectivity index (χ2v) is 10.4. The molecule has 4 rings (SSSR count). The van der Waals surface area contributed by atoms with Crippen molar-refractivity contribution in [3.8, 4) is 0 Å². The second-order valence-electron chi connectivity index (χ2n) is 10.4. The number of benzene rings is 2. The lowest BCUT2D eigenvalue weighted by Crippen LogP contribution is -2.50. The zero-order valence-electron chi connectivity index (χ0n) is 20.7. The van der Waals surface area contributed by atoms with Gasteiger partial charge in [-0.1, -0.05) is 30.3 Å². The normalized spacial score (nSPS) is 24.5. The maximum absolute atomic E-state index is 13.4. The molecule has 3 nitrogen and oxygen atoms in total. The van der Waals surface area contributed by atoms with Gasteiger partial charge in [0, 0.05) is 0 Å². The van der Waals surface area contributed by atoms with E-state index < -0.39 is 40.8 Å². The summed E-state index contributed by atoms with van der Waals surface area (Å²) in [5, 5.41) is 6.45. The molecule has 9 heteroatoms. The van der Waals surface area contributed by atoms with Crippen LogP contribution in [0, 0.1) is 11.8 Å². The summed E-state index contributed by atoms with van der Waals surface area (Å²) in [6.45, 7) is 3.34. The van der Waals surface area contributed by atoms with Gasteiger partial charge in [0.05, 0.1) is 22.6 Å². The molecule has 0 aromatic heterocycles. The van der Waals surface area contributed by atoms with Crippen LogP contribution in [0.5, 0.6) is 0 Å². The van der Waals surface area contributed by atoms with Gasteiger partial charge in [-0.2, -0.15) is 26.3 Å². The lowest BCUT2D eigenvalue weighted by atomic mass is 9.67. The van der Waals surface area contributed by atoms with Gasteiger partial charge in [0.25, 0.3) is 0 Å². The first-order valence-corrected chi connectivity index (χ1v) is 12.8. The lowest BCUT2D eigenvalue weighted by molar-refractivity contribution is -0.143. The van der Waals surface area contributed by atoms with Crippen LogP contribution < -0.4 is 10.6 Å². The summed E-state index contributed by atoms with van der Waals surface area (Å²) in [5.74, 6) is -0.635. The van der Waals surface area contributed by atoms with E-state index in [1.165, 1.54) is 6.92 Å². The molecule has 1 aliphatic carbocycles. The first-order chi connectivity index (χ1) is 17.4. The number of hydrogen-bond acceptors (Lipinski definition) is 2. The van der Waals surface area contributed by atoms with Crippen molar-refractivity contribution in [3.63, 3.8) is 0 Å². The molecule has 0 radical (unpaired) electrons. The molecule has 2 aromatic carbocycles. The van der Waals surface area contributed by atoms with Gasteiger partial charge >= 0.3 is 12.4 Å². The Hall–Kier alpha value is -2.55. The Labute approximate surface area is 213 Å². The van der Waals surface area contributed by atoms with Crippen molar-refractivity contribution < 1.29 is 31.1 Å². The second kappa shape index (κ2) is 10.7. The predicted octanol–water partition coefficient (Wildman–Crippen LogP) is 7.03. The first-order valence-electron chi connectivity index (χ1n) is 12.8. The lowest BCUT2D eigenvalue weighted by Gasteiger charge is -2.44. The molecule has 2 N–H and O–H groups in total. The molecule has 37 heavy (non-hydrogen) atoms. The quantitative estimate of drug-likeness (QED) is 0.411. The number of rotatable bonds is 5. The predicted molar refractivity (Wildman–Crippen MR) is 129 cm³/mol. The maximum Gasteiger partial charge on any atom is 0.416 e. The van der Waals surface area contributed by atoms with Crippen molar-refractivity contribution in [3.05, 3.63) is 70.8 Å². The smallest absolute Gasteiger partial charge is 0.346 e. The van der Waals surface area contributed by atoms with E-state index in [0.717, 1.165) is 44.3 Å². The molecular weight excluding hydrogens is 494 g/mol. The van der Waals surface area contributed by atoms with Gasteiger partial charge < -0.3 is 10.6 Å². The van der Waals surface area contributed by atoms with Crippen molar-refractivity contribution in [1.29, 1.82) is 0 Å². The van der Waals surface area contributed by atoms with Gasteiger partial charge in [-0.05, 0) is 99.7 Å². The minimum atomic E-state index is -4.97. The van der Waals surface area contributed by atoms with Gasteiger partial charge in [-0.25, -0.2) is 0 Å². The van der Waals surface area contributed by atoms with Crippen LogP contribution in [-0.2, 0) is 22.7 Å². The molecular formula is C28H32F6N2O. The fraction of sp³-hybridized carbons (Fsp3) is 0.536. The largest absolute Gasteiger partial charge is 0.416 e. The number of halogens is 6. The number of hydrogen-bond donors (Lipinski definition) is 2. The monoisotopic (exact) mass is 526 g/mol. The molecule has 1 saturated heterocycles. The summed E-state index contributed by atoms with van der Waals surface area (Å²) in [6.07, 6.45) is -4.57. The van der Waals surface area contributed by atoms with E-state index in [1.807, 2.05) is 30.3 Å². The van der Waals surface area contributed by atoms with E-state index in [4.69, 9.17) is 0 Å². The average molecular weight is 527 g/mol. The van der Waals surface area contributed by atoms with Crippen molar-refractivity contribution in [1.82, 2.24) is 10.6 Å². The molecule has 1 saturated carbocycles. The van der Waals surface area contributed by atoms with Crippen LogP contribution in [0.4, 0.5) is 26.3 Å². The highest BCUT2D eigenvalue weighted by molar-refractivity contribution is 5.84. The molecule has 2 fully saturated rings. The minimum Gasteiger partial charge on any atom is -0.346 e. The summed E-state index contributed by atoms with van der Waals surface area (Å²) >= 11 is 0. The first kappa shape index (κ1) is 27.5. The highest BCUT2D eigenvalue weighted by Crippen LogP contribution is 2.44. The molecule has 1 aliphatic heterocycles. The maximum atomic E-state index is 13.4. The molecule has 0 spiro atoms. The van der Waals surface area contributed by atoms with Gasteiger partial charge in [-0.3, -0.25) is 4.79 Å². The Morgan fingerprint density at radius 1 is 0.865 bits per heavy atom. The summed E-state index contributed by atoms with van der Waals surface area (Å²) in [6, 6.07) is 10.8. The third-order valence-corrected chi connectivity index (χ3v) is 8.13. The zero-order valence-corrected chi connectivity index (χ0v) is 20.7. The van der Waals surface area contributed by atoms with E-state index >= 15 is 0 Å². The van der Waals surface area contributed by atoms with E-state index in [0.29, 0.717) is 36.8 Å². The molecule has 202 valence electrons. The van der Waals surface area contributed by atoms with Crippen LogP contribution in [-0.4, -0.2) is 19.0 Å². The highest BCUT2D eigenvalue weighted by Gasteiger charge is 2.42. The van der Waals surface area contributed by atoms with E-state index in [1.54, 1.807) is 0 Å². The summed E-state index contributed by atoms with van der Waals surface area (Å²) < 4.78 is 80.2. The molecule has 0 bridgehead atoms. The van der Waals surface area contributed by atoms with Crippen LogP contribution in [0.1, 0.15) is 73.6 Å². The van der Waals surface area contributed by atoms with Crippen molar-refractivity contribution in [2.24, 2.45) is 11.8 Å². The molecule has 1 amide bonds. The van der Waals surface area contributed by atoms with Crippen LogP contribution in [0.3, 0.4) is 0 Å². The molecule has 1 heterocycles. The van der Waals surface area contributed by atoms with Gasteiger partial charge in [0.2, 0.25) is 5.91 Å². The van der Waals surface area contributed by atoms with Crippen LogP contribution in [0.25, 0.3) is 0 Å². The van der Waals surface area contributed by atoms with Crippen LogP contribution in [0.15, 0.2) is 48.5 Å².